The lowest BCUT2D eigenvalue weighted by Crippen LogP contribution is -2.00. The number of unbranched alkanes of at least 4 members (excludes halogenated alkanes) is 1. The molecule has 0 aromatic heterocycles. The largest absolute Gasteiger partial charge is 0.345 e. The number of alkyl halides is 2. The monoisotopic (exact) mass is 342 g/mol. The molecule has 0 aliphatic carbocycles. The Bertz CT molecular complexity index is 268. The first-order chi connectivity index (χ1) is 8.45. The Kier molecular flexibility index (Phi) is 10.2. The van der Waals surface area contributed by atoms with Crippen molar-refractivity contribution in [3.05, 3.63) is 0 Å². The van der Waals surface area contributed by atoms with Crippen molar-refractivity contribution >= 4 is 38.4 Å². The van der Waals surface area contributed by atoms with Crippen LogP contribution >= 0.6 is 38.4 Å². The molecule has 0 bridgehead atoms. The lowest BCUT2D eigenvalue weighted by Gasteiger charge is -2.14. The summed E-state index contributed by atoms with van der Waals surface area (Å²) in [5, 5.41) is 0. The predicted molar refractivity (Wildman–Crippen MR) is 71.8 cm³/mol. The van der Waals surface area contributed by atoms with E-state index < -0.39 is 15.2 Å². The van der Waals surface area contributed by atoms with Crippen LogP contribution in [-0.4, -0.2) is 38.7 Å². The van der Waals surface area contributed by atoms with Crippen LogP contribution in [-0.2, 0) is 27.2 Å². The van der Waals surface area contributed by atoms with E-state index in [0.717, 1.165) is 0 Å². The van der Waals surface area contributed by atoms with Crippen molar-refractivity contribution in [3.63, 3.8) is 0 Å². The van der Waals surface area contributed by atoms with Crippen LogP contribution in [0, 0.1) is 0 Å². The summed E-state index contributed by atoms with van der Waals surface area (Å²) in [7, 11) is -3.74. The van der Waals surface area contributed by atoms with Crippen LogP contribution in [0.3, 0.4) is 0 Å². The first-order valence-electron chi connectivity index (χ1n) is 5.16. The fraction of sp³-hybridized carbons (Fsp3) is 1.00. The van der Waals surface area contributed by atoms with E-state index in [1.807, 2.05) is 0 Å². The maximum Gasteiger partial charge on any atom is 0.345 e. The van der Waals surface area contributed by atoms with Crippen LogP contribution in [0.15, 0.2) is 0 Å². The summed E-state index contributed by atoms with van der Waals surface area (Å²) in [5.74, 6) is 0. The third kappa shape index (κ3) is 7.46. The van der Waals surface area contributed by atoms with Crippen molar-refractivity contribution in [2.24, 2.45) is 0 Å². The standard InChI is InChI=1S/C8H18Cl2O6P2/c1-13-17(11,7-9)15-5-3-4-6-16-18(12,8-10)14-2/h3-8H2,1-2H3/t17-,18+. The van der Waals surface area contributed by atoms with Crippen molar-refractivity contribution < 1.29 is 27.2 Å². The second kappa shape index (κ2) is 9.73. The number of hydrogen-bond donors (Lipinski definition) is 0. The van der Waals surface area contributed by atoms with Crippen molar-refractivity contribution in [2.75, 3.05) is 38.7 Å². The molecule has 0 saturated heterocycles. The maximum absolute atomic E-state index is 11.5. The predicted octanol–water partition coefficient (Wildman–Crippen LogP) is 3.87. The summed E-state index contributed by atoms with van der Waals surface area (Å²) in [4.78, 5) is 0. The van der Waals surface area contributed by atoms with Gasteiger partial charge in [-0.3, -0.25) is 9.13 Å². The van der Waals surface area contributed by atoms with Crippen molar-refractivity contribution in [1.82, 2.24) is 0 Å². The van der Waals surface area contributed by atoms with Gasteiger partial charge >= 0.3 is 15.2 Å². The highest BCUT2D eigenvalue weighted by Crippen LogP contribution is 2.49. The van der Waals surface area contributed by atoms with Gasteiger partial charge in [-0.2, -0.15) is 0 Å². The lowest BCUT2D eigenvalue weighted by molar-refractivity contribution is 0.208. The molecule has 0 N–H and O–H groups in total. The fourth-order valence-corrected chi connectivity index (χ4v) is 3.24. The molecule has 10 heteroatoms. The maximum atomic E-state index is 11.5. The summed E-state index contributed by atoms with van der Waals surface area (Å²) in [6.07, 6.45) is 1.13. The first-order valence-corrected chi connectivity index (χ1v) is 9.68. The summed E-state index contributed by atoms with van der Waals surface area (Å²) < 4.78 is 42.5. The molecule has 0 saturated carbocycles. The Morgan fingerprint density at radius 2 is 1.17 bits per heavy atom. The Hall–Kier alpha value is 0.880. The Morgan fingerprint density at radius 1 is 0.833 bits per heavy atom. The second-order valence-corrected chi connectivity index (χ2v) is 8.80. The van der Waals surface area contributed by atoms with Crippen LogP contribution in [0.4, 0.5) is 0 Å². The van der Waals surface area contributed by atoms with E-state index in [1.165, 1.54) is 14.2 Å². The summed E-state index contributed by atoms with van der Waals surface area (Å²) >= 11 is 10.9. The van der Waals surface area contributed by atoms with Crippen LogP contribution < -0.4 is 0 Å². The van der Waals surface area contributed by atoms with Gasteiger partial charge in [0, 0.05) is 14.2 Å². The van der Waals surface area contributed by atoms with Crippen LogP contribution in [0.5, 0.6) is 0 Å². The summed E-state index contributed by atoms with van der Waals surface area (Å²) in [6.45, 7) is 0.443. The van der Waals surface area contributed by atoms with Crippen LogP contribution in [0.25, 0.3) is 0 Å². The van der Waals surface area contributed by atoms with E-state index in [2.05, 4.69) is 9.05 Å². The highest BCUT2D eigenvalue weighted by atomic mass is 35.5. The molecule has 6 nitrogen and oxygen atoms in total. The Balaban J connectivity index is 3.70. The second-order valence-electron chi connectivity index (χ2n) is 3.20. The van der Waals surface area contributed by atoms with E-state index in [-0.39, 0.29) is 24.5 Å². The molecule has 0 rings (SSSR count). The van der Waals surface area contributed by atoms with Gasteiger partial charge in [-0.25, -0.2) is 0 Å². The zero-order valence-corrected chi connectivity index (χ0v) is 13.6. The molecule has 0 amide bonds. The van der Waals surface area contributed by atoms with Crippen LogP contribution in [0.2, 0.25) is 0 Å². The van der Waals surface area contributed by atoms with Gasteiger partial charge in [0.2, 0.25) is 0 Å². The molecule has 110 valence electrons. The van der Waals surface area contributed by atoms with Gasteiger partial charge in [-0.15, -0.1) is 23.2 Å². The van der Waals surface area contributed by atoms with E-state index in [9.17, 15) is 9.13 Å². The third-order valence-corrected chi connectivity index (χ3v) is 6.57. The molecule has 2 atom stereocenters. The zero-order chi connectivity index (χ0) is 14.1. The van der Waals surface area contributed by atoms with Gasteiger partial charge in [0.25, 0.3) is 0 Å². The van der Waals surface area contributed by atoms with E-state index >= 15 is 0 Å². The van der Waals surface area contributed by atoms with Crippen molar-refractivity contribution in [3.8, 4) is 0 Å². The SMILES string of the molecule is CO[P@](=O)(CCl)OCCCCO[P@](=O)(CCl)OC. The number of halogens is 2. The smallest absolute Gasteiger partial charge is 0.311 e. The van der Waals surface area contributed by atoms with Crippen molar-refractivity contribution in [1.29, 1.82) is 0 Å². The molecule has 0 unspecified atom stereocenters. The van der Waals surface area contributed by atoms with Gasteiger partial charge in [0.15, 0.2) is 0 Å². The van der Waals surface area contributed by atoms with E-state index in [4.69, 9.17) is 32.2 Å². The molecule has 0 aliphatic heterocycles. The van der Waals surface area contributed by atoms with Gasteiger partial charge in [0.05, 0.1) is 13.2 Å². The molecular weight excluding hydrogens is 325 g/mol. The quantitative estimate of drug-likeness (QED) is 0.322. The minimum atomic E-state index is -3.15. The van der Waals surface area contributed by atoms with E-state index in [1.54, 1.807) is 0 Å². The molecule has 18 heavy (non-hydrogen) atoms. The van der Waals surface area contributed by atoms with Gasteiger partial charge in [-0.05, 0) is 12.8 Å². The van der Waals surface area contributed by atoms with Crippen LogP contribution in [0.1, 0.15) is 12.8 Å². The van der Waals surface area contributed by atoms with Gasteiger partial charge in [-0.1, -0.05) is 0 Å². The molecule has 0 aliphatic rings. The molecule has 0 fully saturated rings. The molecule has 0 heterocycles. The summed E-state index contributed by atoms with van der Waals surface area (Å²) in [5.41, 5.74) is -0.379. The molecule has 0 aromatic rings. The average Bonchev–Trinajstić information content (AvgIpc) is 2.42. The fourth-order valence-electron chi connectivity index (χ4n) is 0.883. The highest BCUT2D eigenvalue weighted by Gasteiger charge is 2.22. The number of hydrogen-bond acceptors (Lipinski definition) is 6. The Morgan fingerprint density at radius 3 is 1.39 bits per heavy atom. The Labute approximate surface area is 117 Å². The number of rotatable bonds is 11. The molecule has 0 radical (unpaired) electrons. The van der Waals surface area contributed by atoms with Gasteiger partial charge < -0.3 is 18.1 Å². The highest BCUT2D eigenvalue weighted by molar-refractivity contribution is 7.55. The molecule has 0 aromatic carbocycles. The van der Waals surface area contributed by atoms with Gasteiger partial charge in [0.1, 0.15) is 11.2 Å². The normalized spacial score (nSPS) is 18.2. The first kappa shape index (κ1) is 18.9. The summed E-state index contributed by atoms with van der Waals surface area (Å²) in [6, 6.07) is 0. The zero-order valence-electron chi connectivity index (χ0n) is 10.3. The molecule has 0 spiro atoms. The third-order valence-electron chi connectivity index (χ3n) is 1.96. The topological polar surface area (TPSA) is 71.1 Å². The molecular formula is C8H18Cl2O6P2. The minimum Gasteiger partial charge on any atom is -0.311 e. The lowest BCUT2D eigenvalue weighted by atomic mass is 10.3. The van der Waals surface area contributed by atoms with Crippen molar-refractivity contribution in [2.45, 2.75) is 12.8 Å². The average molecular weight is 343 g/mol. The minimum absolute atomic E-state index is 0.189. The van der Waals surface area contributed by atoms with E-state index in [0.29, 0.717) is 12.8 Å².